The molecular formula is C20H20F2N2O3. The fourth-order valence-corrected chi connectivity index (χ4v) is 3.16. The molecule has 27 heavy (non-hydrogen) atoms. The molecule has 0 aliphatic carbocycles. The topological polar surface area (TPSA) is 58.6 Å². The predicted molar refractivity (Wildman–Crippen MR) is 96.4 cm³/mol. The van der Waals surface area contributed by atoms with E-state index in [4.69, 9.17) is 4.74 Å². The van der Waals surface area contributed by atoms with Gasteiger partial charge in [-0.15, -0.1) is 0 Å². The van der Waals surface area contributed by atoms with E-state index < -0.39 is 23.6 Å². The van der Waals surface area contributed by atoms with Gasteiger partial charge in [0.2, 0.25) is 11.8 Å². The molecule has 3 rings (SSSR count). The molecule has 1 saturated heterocycles. The van der Waals surface area contributed by atoms with Crippen LogP contribution < -0.4 is 15.0 Å². The summed E-state index contributed by atoms with van der Waals surface area (Å²) in [6, 6.07) is 9.60. The van der Waals surface area contributed by atoms with Crippen molar-refractivity contribution in [2.24, 2.45) is 5.92 Å². The van der Waals surface area contributed by atoms with Gasteiger partial charge in [-0.25, -0.2) is 8.78 Å². The smallest absolute Gasteiger partial charge is 0.227 e. The maximum Gasteiger partial charge on any atom is 0.227 e. The minimum Gasteiger partial charge on any atom is -0.497 e. The quantitative estimate of drug-likeness (QED) is 0.874. The Morgan fingerprint density at radius 3 is 2.56 bits per heavy atom. The fourth-order valence-electron chi connectivity index (χ4n) is 3.16. The van der Waals surface area contributed by atoms with E-state index in [1.165, 1.54) is 6.07 Å². The Morgan fingerprint density at radius 1 is 1.22 bits per heavy atom. The molecule has 0 saturated carbocycles. The number of amides is 2. The number of hydrogen-bond donors (Lipinski definition) is 1. The number of hydrogen-bond acceptors (Lipinski definition) is 3. The summed E-state index contributed by atoms with van der Waals surface area (Å²) < 4.78 is 32.0. The largest absolute Gasteiger partial charge is 0.497 e. The Bertz CT molecular complexity index is 855. The number of nitrogens with zero attached hydrogens (tertiary/aromatic N) is 1. The maximum atomic E-state index is 13.9. The van der Waals surface area contributed by atoms with E-state index in [9.17, 15) is 18.4 Å². The van der Waals surface area contributed by atoms with Crippen LogP contribution >= 0.6 is 0 Å². The number of ether oxygens (including phenoxy) is 1. The van der Waals surface area contributed by atoms with Crippen LogP contribution in [-0.2, 0) is 9.59 Å². The molecule has 0 bridgehead atoms. The molecule has 1 aliphatic rings. The van der Waals surface area contributed by atoms with Crippen LogP contribution in [0.3, 0.4) is 0 Å². The maximum absolute atomic E-state index is 13.9. The van der Waals surface area contributed by atoms with Crippen molar-refractivity contribution in [3.63, 3.8) is 0 Å². The Balaban J connectivity index is 1.66. The molecule has 1 N–H and O–H groups in total. The van der Waals surface area contributed by atoms with Gasteiger partial charge in [0.25, 0.3) is 0 Å². The minimum atomic E-state index is -0.717. The lowest BCUT2D eigenvalue weighted by Crippen LogP contribution is -2.34. The second-order valence-electron chi connectivity index (χ2n) is 6.50. The van der Waals surface area contributed by atoms with E-state index in [2.05, 4.69) is 5.32 Å². The van der Waals surface area contributed by atoms with E-state index in [-0.39, 0.29) is 30.3 Å². The van der Waals surface area contributed by atoms with Gasteiger partial charge >= 0.3 is 0 Å². The molecule has 2 aromatic rings. The summed E-state index contributed by atoms with van der Waals surface area (Å²) in [6.07, 6.45) is 0.0798. The average Bonchev–Trinajstić information content (AvgIpc) is 3.03. The first-order valence-corrected chi connectivity index (χ1v) is 8.58. The Labute approximate surface area is 155 Å². The minimum absolute atomic E-state index is 0.0798. The lowest BCUT2D eigenvalue weighted by atomic mass is 10.0. The molecule has 0 spiro atoms. The van der Waals surface area contributed by atoms with Gasteiger partial charge < -0.3 is 15.0 Å². The van der Waals surface area contributed by atoms with Crippen LogP contribution in [0.15, 0.2) is 42.5 Å². The molecule has 1 fully saturated rings. The third kappa shape index (κ3) is 4.07. The van der Waals surface area contributed by atoms with Crippen molar-refractivity contribution in [3.05, 3.63) is 59.7 Å². The normalized spacial score (nSPS) is 17.7. The highest BCUT2D eigenvalue weighted by atomic mass is 19.1. The van der Waals surface area contributed by atoms with Crippen molar-refractivity contribution in [1.82, 2.24) is 5.32 Å². The number of carbonyl (C=O) groups is 2. The number of nitrogens with one attached hydrogen (secondary N) is 1. The number of halogens is 2. The molecule has 7 heteroatoms. The lowest BCUT2D eigenvalue weighted by molar-refractivity contribution is -0.126. The van der Waals surface area contributed by atoms with Crippen LogP contribution in [0.2, 0.25) is 0 Å². The van der Waals surface area contributed by atoms with Gasteiger partial charge in [0.1, 0.15) is 17.4 Å². The van der Waals surface area contributed by atoms with Crippen molar-refractivity contribution < 1.29 is 23.1 Å². The Morgan fingerprint density at radius 2 is 1.93 bits per heavy atom. The first-order chi connectivity index (χ1) is 12.9. The molecule has 2 unspecified atom stereocenters. The number of anilines is 1. The molecular weight excluding hydrogens is 354 g/mol. The lowest BCUT2D eigenvalue weighted by Gasteiger charge is -2.19. The number of carbonyl (C=O) groups excluding carboxylic acids is 2. The van der Waals surface area contributed by atoms with E-state index >= 15 is 0 Å². The molecule has 0 radical (unpaired) electrons. The van der Waals surface area contributed by atoms with Crippen LogP contribution in [0.1, 0.15) is 24.9 Å². The van der Waals surface area contributed by atoms with Gasteiger partial charge in [-0.3, -0.25) is 9.59 Å². The molecule has 142 valence electrons. The number of rotatable bonds is 5. The first-order valence-electron chi connectivity index (χ1n) is 8.58. The summed E-state index contributed by atoms with van der Waals surface area (Å²) in [5.74, 6) is -1.74. The highest BCUT2D eigenvalue weighted by molar-refractivity contribution is 6.00. The SMILES string of the molecule is COc1ccc(N2CC(C(=O)NC(C)c3ccc(F)cc3F)CC2=O)cc1. The zero-order valence-corrected chi connectivity index (χ0v) is 15.0. The van der Waals surface area contributed by atoms with Crippen LogP contribution in [-0.4, -0.2) is 25.5 Å². The third-order valence-corrected chi connectivity index (χ3v) is 4.67. The molecule has 5 nitrogen and oxygen atoms in total. The van der Waals surface area contributed by atoms with Gasteiger partial charge in [0, 0.05) is 30.3 Å². The molecule has 1 heterocycles. The summed E-state index contributed by atoms with van der Waals surface area (Å²) in [6.45, 7) is 1.86. The van der Waals surface area contributed by atoms with E-state index in [0.29, 0.717) is 11.4 Å². The van der Waals surface area contributed by atoms with Gasteiger partial charge in [-0.1, -0.05) is 6.07 Å². The van der Waals surface area contributed by atoms with Crippen LogP contribution in [0.5, 0.6) is 5.75 Å². The van der Waals surface area contributed by atoms with Gasteiger partial charge in [-0.05, 0) is 37.3 Å². The van der Waals surface area contributed by atoms with Crippen LogP contribution in [0.4, 0.5) is 14.5 Å². The first kappa shape index (κ1) is 18.8. The highest BCUT2D eigenvalue weighted by Gasteiger charge is 2.35. The Hall–Kier alpha value is -2.96. The number of benzene rings is 2. The summed E-state index contributed by atoms with van der Waals surface area (Å²) in [4.78, 5) is 26.4. The summed E-state index contributed by atoms with van der Waals surface area (Å²) in [5, 5.41) is 2.71. The molecule has 2 amide bonds. The molecule has 2 atom stereocenters. The third-order valence-electron chi connectivity index (χ3n) is 4.67. The van der Waals surface area contributed by atoms with Crippen LogP contribution in [0.25, 0.3) is 0 Å². The standard InChI is InChI=1S/C20H20F2N2O3/c1-12(17-8-3-14(21)10-18(17)22)23-20(26)13-9-19(25)24(11-13)15-4-6-16(27-2)7-5-15/h3-8,10,12-13H,9,11H2,1-2H3,(H,23,26). The number of methoxy groups -OCH3 is 1. The van der Waals surface area contributed by atoms with Crippen molar-refractivity contribution in [2.45, 2.75) is 19.4 Å². The highest BCUT2D eigenvalue weighted by Crippen LogP contribution is 2.27. The summed E-state index contributed by atoms with van der Waals surface area (Å²) in [7, 11) is 1.56. The van der Waals surface area contributed by atoms with Crippen molar-refractivity contribution >= 4 is 17.5 Å². The van der Waals surface area contributed by atoms with Gasteiger partial charge in [0.05, 0.1) is 19.1 Å². The zero-order chi connectivity index (χ0) is 19.6. The molecule has 2 aromatic carbocycles. The average molecular weight is 374 g/mol. The van der Waals surface area contributed by atoms with E-state index in [1.807, 2.05) is 0 Å². The van der Waals surface area contributed by atoms with Crippen LogP contribution in [0, 0.1) is 17.6 Å². The summed E-state index contributed by atoms with van der Waals surface area (Å²) >= 11 is 0. The Kier molecular flexibility index (Phi) is 5.39. The summed E-state index contributed by atoms with van der Waals surface area (Å²) in [5.41, 5.74) is 0.884. The molecule has 1 aliphatic heterocycles. The van der Waals surface area contributed by atoms with E-state index in [0.717, 1.165) is 12.1 Å². The van der Waals surface area contributed by atoms with Crippen molar-refractivity contribution in [1.29, 1.82) is 0 Å². The predicted octanol–water partition coefficient (Wildman–Crippen LogP) is 3.20. The van der Waals surface area contributed by atoms with Gasteiger partial charge in [0.15, 0.2) is 0 Å². The zero-order valence-electron chi connectivity index (χ0n) is 15.0. The second-order valence-corrected chi connectivity index (χ2v) is 6.50. The van der Waals surface area contributed by atoms with E-state index in [1.54, 1.807) is 43.2 Å². The fraction of sp³-hybridized carbons (Fsp3) is 0.300. The monoisotopic (exact) mass is 374 g/mol. The van der Waals surface area contributed by atoms with Crippen molar-refractivity contribution in [3.8, 4) is 5.75 Å². The second kappa shape index (κ2) is 7.73. The van der Waals surface area contributed by atoms with Gasteiger partial charge in [-0.2, -0.15) is 0 Å². The molecule has 0 aromatic heterocycles. The van der Waals surface area contributed by atoms with Crippen molar-refractivity contribution in [2.75, 3.05) is 18.6 Å².